The van der Waals surface area contributed by atoms with Crippen LogP contribution in [0.2, 0.25) is 0 Å². The average molecular weight is 347 g/mol. The van der Waals surface area contributed by atoms with E-state index >= 15 is 0 Å². The monoisotopic (exact) mass is 347 g/mol. The number of aromatic amines is 1. The lowest BCUT2D eigenvalue weighted by Gasteiger charge is -2.25. The first-order valence-electron chi connectivity index (χ1n) is 7.28. The molecule has 3 aromatic rings. The first-order chi connectivity index (χ1) is 11.5. The van der Waals surface area contributed by atoms with Gasteiger partial charge in [-0.3, -0.25) is 9.89 Å². The molecule has 0 radical (unpaired) electrons. The zero-order chi connectivity index (χ0) is 17.3. The normalized spacial score (nSPS) is 12.2. The van der Waals surface area contributed by atoms with Crippen molar-refractivity contribution < 1.29 is 13.6 Å². The maximum atomic E-state index is 13.9. The number of nitrogens with one attached hydrogen (secondary N) is 1. The van der Waals surface area contributed by atoms with Crippen LogP contribution in [0.5, 0.6) is 0 Å². The Morgan fingerprint density at radius 2 is 2.08 bits per heavy atom. The molecule has 2 aromatic heterocycles. The number of benzene rings is 1. The van der Waals surface area contributed by atoms with E-state index in [0.717, 1.165) is 28.8 Å². The fourth-order valence-electron chi connectivity index (χ4n) is 2.39. The summed E-state index contributed by atoms with van der Waals surface area (Å²) in [5.74, 6) is -1.46. The average Bonchev–Trinajstić information content (AvgIpc) is 3.25. The molecule has 0 saturated carbocycles. The van der Waals surface area contributed by atoms with Crippen molar-refractivity contribution in [1.82, 2.24) is 15.1 Å². The molecule has 1 N–H and O–H groups in total. The van der Waals surface area contributed by atoms with Gasteiger partial charge in [-0.25, -0.2) is 8.78 Å². The van der Waals surface area contributed by atoms with Crippen molar-refractivity contribution in [1.29, 1.82) is 0 Å². The number of carbonyl (C=O) groups is 1. The predicted octanol–water partition coefficient (Wildman–Crippen LogP) is 4.25. The maximum Gasteiger partial charge on any atom is 0.274 e. The van der Waals surface area contributed by atoms with Crippen molar-refractivity contribution in [3.05, 3.63) is 64.7 Å². The summed E-state index contributed by atoms with van der Waals surface area (Å²) in [5, 5.41) is 8.78. The van der Waals surface area contributed by atoms with Gasteiger partial charge in [0.25, 0.3) is 5.91 Å². The Morgan fingerprint density at radius 1 is 1.29 bits per heavy atom. The smallest absolute Gasteiger partial charge is 0.274 e. The van der Waals surface area contributed by atoms with Crippen LogP contribution >= 0.6 is 11.3 Å². The highest BCUT2D eigenvalue weighted by Crippen LogP contribution is 2.26. The van der Waals surface area contributed by atoms with Crippen molar-refractivity contribution >= 4 is 17.2 Å². The van der Waals surface area contributed by atoms with Gasteiger partial charge < -0.3 is 4.90 Å². The van der Waals surface area contributed by atoms with E-state index < -0.39 is 17.7 Å². The van der Waals surface area contributed by atoms with Crippen LogP contribution in [0.15, 0.2) is 41.8 Å². The van der Waals surface area contributed by atoms with Crippen LogP contribution in [0, 0.1) is 11.6 Å². The number of nitrogens with zero attached hydrogens (tertiary/aromatic N) is 2. The molecule has 3 rings (SSSR count). The Labute approximate surface area is 141 Å². The molecule has 4 nitrogen and oxygen atoms in total. The Kier molecular flexibility index (Phi) is 4.44. The summed E-state index contributed by atoms with van der Waals surface area (Å²) in [6.07, 6.45) is 0. The van der Waals surface area contributed by atoms with Crippen LogP contribution in [-0.4, -0.2) is 28.1 Å². The Bertz CT molecular complexity index is 861. The number of H-pyrrole nitrogens is 1. The van der Waals surface area contributed by atoms with E-state index in [2.05, 4.69) is 10.2 Å². The van der Waals surface area contributed by atoms with Gasteiger partial charge in [0.05, 0.1) is 16.6 Å². The molecule has 124 valence electrons. The van der Waals surface area contributed by atoms with E-state index in [1.807, 2.05) is 17.5 Å². The van der Waals surface area contributed by atoms with Crippen LogP contribution in [0.25, 0.3) is 10.6 Å². The van der Waals surface area contributed by atoms with Crippen LogP contribution in [0.1, 0.15) is 29.0 Å². The van der Waals surface area contributed by atoms with E-state index in [-0.39, 0.29) is 17.2 Å². The van der Waals surface area contributed by atoms with Gasteiger partial charge in [-0.1, -0.05) is 6.07 Å². The van der Waals surface area contributed by atoms with Crippen molar-refractivity contribution in [2.75, 3.05) is 7.05 Å². The van der Waals surface area contributed by atoms with Gasteiger partial charge in [-0.2, -0.15) is 5.10 Å². The molecule has 0 bridgehead atoms. The Morgan fingerprint density at radius 3 is 2.79 bits per heavy atom. The second-order valence-corrected chi connectivity index (χ2v) is 6.35. The van der Waals surface area contributed by atoms with Gasteiger partial charge in [0.1, 0.15) is 11.6 Å². The molecule has 0 fully saturated rings. The number of halogens is 2. The highest BCUT2D eigenvalue weighted by Gasteiger charge is 2.23. The van der Waals surface area contributed by atoms with E-state index in [0.29, 0.717) is 0 Å². The van der Waals surface area contributed by atoms with Crippen LogP contribution in [-0.2, 0) is 0 Å². The van der Waals surface area contributed by atoms with Crippen molar-refractivity contribution in [3.63, 3.8) is 0 Å². The third-order valence-electron chi connectivity index (χ3n) is 3.89. The topological polar surface area (TPSA) is 49.0 Å². The summed E-state index contributed by atoms with van der Waals surface area (Å²) in [5.41, 5.74) is 1.09. The molecule has 1 amide bonds. The fraction of sp³-hybridized carbons (Fsp3) is 0.176. The number of thiophene rings is 1. The first kappa shape index (κ1) is 16.3. The summed E-state index contributed by atoms with van der Waals surface area (Å²) < 4.78 is 27.3. The summed E-state index contributed by atoms with van der Waals surface area (Å²) in [4.78, 5) is 14.9. The van der Waals surface area contributed by atoms with Crippen LogP contribution < -0.4 is 0 Å². The second kappa shape index (κ2) is 6.52. The molecule has 1 aromatic carbocycles. The van der Waals surface area contributed by atoms with Gasteiger partial charge in [0.2, 0.25) is 0 Å². The summed E-state index contributed by atoms with van der Waals surface area (Å²) >= 11 is 1.53. The molecule has 1 unspecified atom stereocenters. The first-order valence-corrected chi connectivity index (χ1v) is 8.16. The molecule has 24 heavy (non-hydrogen) atoms. The molecule has 2 heterocycles. The number of hydrogen-bond acceptors (Lipinski definition) is 3. The Hall–Kier alpha value is -2.54. The number of hydrogen-bond donors (Lipinski definition) is 1. The van der Waals surface area contributed by atoms with Gasteiger partial charge in [-0.05, 0) is 42.6 Å². The highest BCUT2D eigenvalue weighted by molar-refractivity contribution is 7.13. The lowest BCUT2D eigenvalue weighted by atomic mass is 10.1. The van der Waals surface area contributed by atoms with Crippen LogP contribution in [0.3, 0.4) is 0 Å². The Balaban J connectivity index is 1.83. The van der Waals surface area contributed by atoms with Crippen molar-refractivity contribution in [3.8, 4) is 10.6 Å². The summed E-state index contributed by atoms with van der Waals surface area (Å²) in [7, 11) is 1.54. The van der Waals surface area contributed by atoms with E-state index in [1.54, 1.807) is 13.0 Å². The molecule has 0 saturated heterocycles. The fourth-order valence-corrected chi connectivity index (χ4v) is 3.08. The highest BCUT2D eigenvalue weighted by atomic mass is 32.1. The minimum absolute atomic E-state index is 0.125. The molecular formula is C17H15F2N3OS. The molecule has 0 aliphatic rings. The third kappa shape index (κ3) is 3.07. The van der Waals surface area contributed by atoms with Gasteiger partial charge in [0, 0.05) is 12.6 Å². The number of aromatic nitrogens is 2. The number of carbonyl (C=O) groups excluding carboxylic acids is 1. The van der Waals surface area contributed by atoms with E-state index in [1.165, 1.54) is 23.3 Å². The van der Waals surface area contributed by atoms with Crippen molar-refractivity contribution in [2.45, 2.75) is 13.0 Å². The SMILES string of the molecule is CC(c1cc(F)ccc1F)N(C)C(=O)c1cc(-c2cccs2)[nH]n1. The zero-order valence-corrected chi connectivity index (χ0v) is 13.9. The van der Waals surface area contributed by atoms with E-state index in [4.69, 9.17) is 0 Å². The largest absolute Gasteiger partial charge is 0.333 e. The quantitative estimate of drug-likeness (QED) is 0.767. The lowest BCUT2D eigenvalue weighted by molar-refractivity contribution is 0.0734. The second-order valence-electron chi connectivity index (χ2n) is 5.40. The molecule has 0 aliphatic heterocycles. The zero-order valence-electron chi connectivity index (χ0n) is 13.1. The number of amides is 1. The molecule has 0 spiro atoms. The minimum Gasteiger partial charge on any atom is -0.333 e. The lowest BCUT2D eigenvalue weighted by Crippen LogP contribution is -2.30. The standard InChI is InChI=1S/C17H15F2N3OS/c1-10(12-8-11(18)5-6-13(12)19)22(2)17(23)15-9-14(20-21-15)16-4-3-7-24-16/h3-10H,1-2H3,(H,20,21). The third-order valence-corrected chi connectivity index (χ3v) is 4.80. The van der Waals surface area contributed by atoms with Gasteiger partial charge in [0.15, 0.2) is 5.69 Å². The molecule has 1 atom stereocenters. The minimum atomic E-state index is -0.630. The van der Waals surface area contributed by atoms with Gasteiger partial charge >= 0.3 is 0 Å². The predicted molar refractivity (Wildman–Crippen MR) is 88.8 cm³/mol. The summed E-state index contributed by atoms with van der Waals surface area (Å²) in [6.45, 7) is 1.64. The maximum absolute atomic E-state index is 13.9. The number of rotatable bonds is 4. The van der Waals surface area contributed by atoms with Gasteiger partial charge in [-0.15, -0.1) is 11.3 Å². The summed E-state index contributed by atoms with van der Waals surface area (Å²) in [6, 6.07) is 8.06. The molecule has 0 aliphatic carbocycles. The van der Waals surface area contributed by atoms with Crippen LogP contribution in [0.4, 0.5) is 8.78 Å². The molecule has 7 heteroatoms. The van der Waals surface area contributed by atoms with Crippen molar-refractivity contribution in [2.24, 2.45) is 0 Å². The van der Waals surface area contributed by atoms with E-state index in [9.17, 15) is 13.6 Å². The molecular weight excluding hydrogens is 332 g/mol.